The van der Waals surface area contributed by atoms with Crippen molar-refractivity contribution in [1.82, 2.24) is 0 Å². The van der Waals surface area contributed by atoms with E-state index < -0.39 is 5.50 Å². The van der Waals surface area contributed by atoms with Crippen LogP contribution in [0.5, 0.6) is 0 Å². The van der Waals surface area contributed by atoms with Gasteiger partial charge in [0.2, 0.25) is 0 Å². The lowest BCUT2D eigenvalue weighted by Crippen LogP contribution is -2.45. The van der Waals surface area contributed by atoms with Gasteiger partial charge in [0.1, 0.15) is 0 Å². The highest BCUT2D eigenvalue weighted by molar-refractivity contribution is 6.56. The van der Waals surface area contributed by atoms with Gasteiger partial charge in [-0.15, -0.1) is 25.5 Å². The van der Waals surface area contributed by atoms with Crippen LogP contribution in [0.1, 0.15) is 40.5 Å². The van der Waals surface area contributed by atoms with Crippen LogP contribution < -0.4 is 0 Å². The smallest absolute Gasteiger partial charge is 0.327 e. The largest absolute Gasteiger partial charge is 0.428 e. The van der Waals surface area contributed by atoms with Crippen molar-refractivity contribution in [2.24, 2.45) is 0 Å². The minimum Gasteiger partial charge on any atom is -0.428 e. The quantitative estimate of drug-likeness (QED) is 0.223. The Bertz CT molecular complexity index is 525. The van der Waals surface area contributed by atoms with Gasteiger partial charge in [0.05, 0.1) is 12.1 Å². The van der Waals surface area contributed by atoms with Gasteiger partial charge in [0.15, 0.2) is 0 Å². The van der Waals surface area contributed by atoms with Crippen LogP contribution >= 0.6 is 0 Å². The first kappa shape index (κ1) is 26.2. The van der Waals surface area contributed by atoms with E-state index in [2.05, 4.69) is 51.7 Å². The molecule has 0 saturated carbocycles. The van der Waals surface area contributed by atoms with E-state index in [4.69, 9.17) is 11.1 Å². The molecule has 0 bridgehead atoms. The Morgan fingerprint density at radius 3 is 2.35 bits per heavy atom. The molecule has 0 spiro atoms. The third kappa shape index (κ3) is 14.3. The SMILES string of the molecule is C#CC/C=C\C=C/C/C=C(/C=C\C=C)COB(C(C)C)C(C)(C)O.C=C. The average Bonchev–Trinajstić information content (AvgIpc) is 2.58. The highest BCUT2D eigenvalue weighted by Crippen LogP contribution is 2.21. The van der Waals surface area contributed by atoms with Gasteiger partial charge in [-0.1, -0.05) is 69.0 Å². The second kappa shape index (κ2) is 16.5. The van der Waals surface area contributed by atoms with Crippen molar-refractivity contribution >= 4 is 6.92 Å². The molecule has 3 heteroatoms. The van der Waals surface area contributed by atoms with Gasteiger partial charge in [-0.05, 0) is 31.7 Å². The first-order valence-electron chi connectivity index (χ1n) is 8.90. The van der Waals surface area contributed by atoms with Gasteiger partial charge in [0.25, 0.3) is 0 Å². The summed E-state index contributed by atoms with van der Waals surface area (Å²) >= 11 is 0. The molecule has 0 fully saturated rings. The monoisotopic (exact) mass is 354 g/mol. The molecule has 0 amide bonds. The van der Waals surface area contributed by atoms with E-state index in [1.807, 2.05) is 30.4 Å². The Balaban J connectivity index is 0. The molecule has 0 aliphatic rings. The molecule has 0 rings (SSSR count). The predicted octanol–water partition coefficient (Wildman–Crippen LogP) is 5.71. The van der Waals surface area contributed by atoms with Crippen molar-refractivity contribution in [1.29, 1.82) is 0 Å². The Morgan fingerprint density at radius 2 is 1.85 bits per heavy atom. The summed E-state index contributed by atoms with van der Waals surface area (Å²) in [6.07, 6.45) is 22.3. The number of hydrogen-bond acceptors (Lipinski definition) is 2. The first-order chi connectivity index (χ1) is 12.3. The fourth-order valence-corrected chi connectivity index (χ4v) is 2.36. The van der Waals surface area contributed by atoms with Crippen molar-refractivity contribution < 1.29 is 9.76 Å². The molecular formula is C23H35BO2. The first-order valence-corrected chi connectivity index (χ1v) is 8.90. The molecule has 2 nitrogen and oxygen atoms in total. The molecule has 26 heavy (non-hydrogen) atoms. The van der Waals surface area contributed by atoms with Crippen LogP contribution in [-0.2, 0) is 4.65 Å². The van der Waals surface area contributed by atoms with Crippen LogP contribution in [0.15, 0.2) is 73.9 Å². The topological polar surface area (TPSA) is 29.5 Å². The molecule has 0 unspecified atom stereocenters. The lowest BCUT2D eigenvalue weighted by molar-refractivity contribution is 0.130. The lowest BCUT2D eigenvalue weighted by Gasteiger charge is -2.29. The summed E-state index contributed by atoms with van der Waals surface area (Å²) < 4.78 is 5.97. The molecule has 0 aromatic carbocycles. The number of hydrogen-bond donors (Lipinski definition) is 1. The minimum absolute atomic E-state index is 0.222. The fraction of sp³-hybridized carbons (Fsp3) is 0.391. The molecule has 0 aliphatic carbocycles. The summed E-state index contributed by atoms with van der Waals surface area (Å²) in [6, 6.07) is 0. The lowest BCUT2D eigenvalue weighted by atomic mass is 9.46. The van der Waals surface area contributed by atoms with Crippen LogP contribution in [0.3, 0.4) is 0 Å². The van der Waals surface area contributed by atoms with Gasteiger partial charge in [-0.3, -0.25) is 0 Å². The van der Waals surface area contributed by atoms with Gasteiger partial charge >= 0.3 is 6.92 Å². The zero-order valence-corrected chi connectivity index (χ0v) is 16.9. The van der Waals surface area contributed by atoms with E-state index in [1.54, 1.807) is 19.9 Å². The summed E-state index contributed by atoms with van der Waals surface area (Å²) in [5.41, 5.74) is 0.186. The third-order valence-electron chi connectivity index (χ3n) is 3.31. The number of rotatable bonds is 11. The maximum atomic E-state index is 10.2. The average molecular weight is 354 g/mol. The molecular weight excluding hydrogens is 319 g/mol. The molecule has 0 aromatic heterocycles. The van der Waals surface area contributed by atoms with E-state index in [-0.39, 0.29) is 12.7 Å². The van der Waals surface area contributed by atoms with Crippen molar-refractivity contribution in [2.45, 2.75) is 51.9 Å². The van der Waals surface area contributed by atoms with Crippen LogP contribution in [0.4, 0.5) is 0 Å². The van der Waals surface area contributed by atoms with E-state index in [0.717, 1.165) is 12.0 Å². The predicted molar refractivity (Wildman–Crippen MR) is 118 cm³/mol. The molecule has 0 heterocycles. The fourth-order valence-electron chi connectivity index (χ4n) is 2.36. The molecule has 1 N–H and O–H groups in total. The standard InChI is InChI=1S/C21H31BO2.C2H4/c1-7-9-11-12-13-14-15-17-20(16-10-8-2)18-24-22(19(3)4)21(5,6)23;1-2/h1,8,10-14,16-17,19,23H,2,9,15,18H2,3-6H3;1-2H2/b12-11-,14-13-,16-10-,20-17-;. The van der Waals surface area contributed by atoms with Crippen molar-refractivity contribution in [3.8, 4) is 12.3 Å². The normalized spacial score (nSPS) is 12.4. The third-order valence-corrected chi connectivity index (χ3v) is 3.31. The molecule has 0 aliphatic heterocycles. The number of terminal acetylenes is 1. The maximum absolute atomic E-state index is 10.2. The Hall–Kier alpha value is -2.02. The van der Waals surface area contributed by atoms with Crippen LogP contribution in [-0.4, -0.2) is 24.1 Å². The zero-order chi connectivity index (χ0) is 20.4. The van der Waals surface area contributed by atoms with Crippen LogP contribution in [0, 0.1) is 12.3 Å². The van der Waals surface area contributed by atoms with Crippen molar-refractivity contribution in [3.05, 3.63) is 73.9 Å². The zero-order valence-electron chi connectivity index (χ0n) is 16.9. The van der Waals surface area contributed by atoms with E-state index in [9.17, 15) is 5.11 Å². The summed E-state index contributed by atoms with van der Waals surface area (Å²) in [5.74, 6) is 2.79. The summed E-state index contributed by atoms with van der Waals surface area (Å²) in [7, 11) is 0. The number of aliphatic hydroxyl groups is 1. The van der Waals surface area contributed by atoms with Gasteiger partial charge in [-0.25, -0.2) is 0 Å². The molecule has 0 aromatic rings. The van der Waals surface area contributed by atoms with E-state index in [0.29, 0.717) is 13.0 Å². The molecule has 142 valence electrons. The highest BCUT2D eigenvalue weighted by atomic mass is 16.4. The summed E-state index contributed by atoms with van der Waals surface area (Å²) in [4.78, 5) is 0. The van der Waals surface area contributed by atoms with Gasteiger partial charge in [0, 0.05) is 6.42 Å². The Morgan fingerprint density at radius 1 is 1.23 bits per heavy atom. The second-order valence-corrected chi connectivity index (χ2v) is 6.50. The van der Waals surface area contributed by atoms with Crippen molar-refractivity contribution in [3.63, 3.8) is 0 Å². The Labute approximate surface area is 161 Å². The maximum Gasteiger partial charge on any atom is 0.327 e. The molecule has 0 saturated heterocycles. The molecule has 0 radical (unpaired) electrons. The summed E-state index contributed by atoms with van der Waals surface area (Å²) in [5, 5.41) is 10.2. The van der Waals surface area contributed by atoms with Gasteiger partial charge in [-0.2, -0.15) is 0 Å². The highest BCUT2D eigenvalue weighted by Gasteiger charge is 2.36. The van der Waals surface area contributed by atoms with Gasteiger partial charge < -0.3 is 9.76 Å². The van der Waals surface area contributed by atoms with E-state index in [1.165, 1.54) is 0 Å². The van der Waals surface area contributed by atoms with Crippen LogP contribution in [0.25, 0.3) is 0 Å². The summed E-state index contributed by atoms with van der Waals surface area (Å²) in [6.45, 7) is 17.6. The van der Waals surface area contributed by atoms with Crippen LogP contribution in [0.2, 0.25) is 5.82 Å². The minimum atomic E-state index is -0.872. The van der Waals surface area contributed by atoms with Crippen molar-refractivity contribution in [2.75, 3.05) is 6.61 Å². The second-order valence-electron chi connectivity index (χ2n) is 6.50. The Kier molecular flexibility index (Phi) is 16.6. The molecule has 0 atom stereocenters. The van der Waals surface area contributed by atoms with E-state index >= 15 is 0 Å². The number of allylic oxidation sites excluding steroid dienone is 7.